The van der Waals surface area contributed by atoms with Gasteiger partial charge < -0.3 is 20.8 Å². The summed E-state index contributed by atoms with van der Waals surface area (Å²) in [6.45, 7) is 5.15. The Bertz CT molecular complexity index is 1180. The van der Waals surface area contributed by atoms with E-state index in [1.54, 1.807) is 63.2 Å². The molecule has 4 N–H and O–H groups in total. The number of halogens is 2. The molecule has 0 aliphatic heterocycles. The van der Waals surface area contributed by atoms with Crippen molar-refractivity contribution in [2.75, 3.05) is 5.32 Å². The number of aliphatic carboxylic acids is 2. The highest BCUT2D eigenvalue weighted by Gasteiger charge is 2.58. The SMILES string of the molecule is CC1(C)[C@H](C(=O)O)CC[C@]1(C)C(=O)NC(Cc1ccc(NC(=O)c2c(Cl)cccc2Cl)cc1)C(=O)O. The van der Waals surface area contributed by atoms with Crippen molar-refractivity contribution in [3.05, 3.63) is 63.6 Å². The average molecular weight is 535 g/mol. The third-order valence-corrected chi connectivity index (χ3v) is 8.10. The molecule has 1 unspecified atom stereocenters. The fraction of sp³-hybridized carbons (Fsp3) is 0.385. The molecule has 0 radical (unpaired) electrons. The second-order valence-electron chi connectivity index (χ2n) is 9.80. The molecule has 0 spiro atoms. The zero-order valence-electron chi connectivity index (χ0n) is 20.1. The van der Waals surface area contributed by atoms with Gasteiger partial charge in [0.15, 0.2) is 0 Å². The molecule has 36 heavy (non-hydrogen) atoms. The molecule has 1 aliphatic rings. The van der Waals surface area contributed by atoms with Crippen LogP contribution in [0.1, 0.15) is 49.5 Å². The standard InChI is InChI=1S/C26H28Cl2N2O6/c1-25(2)16(22(32)33)11-12-26(25,3)24(36)30-19(23(34)35)13-14-7-9-15(10-8-14)29-21(31)20-17(27)5-4-6-18(20)28/h4-10,16,19H,11-13H2,1-3H3,(H,29,31)(H,30,36)(H,32,33)(H,34,35)/t16-,19?,26+/m0/s1. The fourth-order valence-corrected chi connectivity index (χ4v) is 5.29. The fourth-order valence-electron chi connectivity index (χ4n) is 4.72. The van der Waals surface area contributed by atoms with Gasteiger partial charge in [0.2, 0.25) is 5.91 Å². The molecule has 0 saturated heterocycles. The number of hydrogen-bond acceptors (Lipinski definition) is 4. The molecule has 2 aromatic carbocycles. The lowest BCUT2D eigenvalue weighted by Gasteiger charge is -2.39. The lowest BCUT2D eigenvalue weighted by atomic mass is 9.65. The van der Waals surface area contributed by atoms with E-state index in [1.807, 2.05) is 0 Å². The van der Waals surface area contributed by atoms with E-state index in [4.69, 9.17) is 23.2 Å². The van der Waals surface area contributed by atoms with Gasteiger partial charge >= 0.3 is 11.9 Å². The molecule has 1 fully saturated rings. The molecule has 1 aliphatic carbocycles. The highest BCUT2D eigenvalue weighted by atomic mass is 35.5. The summed E-state index contributed by atoms with van der Waals surface area (Å²) in [4.78, 5) is 49.3. The maximum absolute atomic E-state index is 13.2. The van der Waals surface area contributed by atoms with E-state index < -0.39 is 46.5 Å². The zero-order valence-corrected chi connectivity index (χ0v) is 21.6. The molecule has 192 valence electrons. The maximum atomic E-state index is 13.2. The van der Waals surface area contributed by atoms with Crippen molar-refractivity contribution in [2.24, 2.45) is 16.7 Å². The van der Waals surface area contributed by atoms with Crippen LogP contribution < -0.4 is 10.6 Å². The zero-order chi connectivity index (χ0) is 26.8. The highest BCUT2D eigenvalue weighted by molar-refractivity contribution is 6.40. The summed E-state index contributed by atoms with van der Waals surface area (Å²) in [6.07, 6.45) is 0.695. The molecule has 0 aromatic heterocycles. The summed E-state index contributed by atoms with van der Waals surface area (Å²) < 4.78 is 0. The topological polar surface area (TPSA) is 133 Å². The smallest absolute Gasteiger partial charge is 0.326 e. The number of carbonyl (C=O) groups excluding carboxylic acids is 2. The summed E-state index contributed by atoms with van der Waals surface area (Å²) in [7, 11) is 0. The van der Waals surface area contributed by atoms with Gasteiger partial charge in [-0.1, -0.05) is 62.2 Å². The number of carboxylic acid groups (broad SMARTS) is 2. The van der Waals surface area contributed by atoms with E-state index in [0.29, 0.717) is 24.1 Å². The van der Waals surface area contributed by atoms with Crippen LogP contribution in [-0.2, 0) is 20.8 Å². The first-order valence-electron chi connectivity index (χ1n) is 11.4. The van der Waals surface area contributed by atoms with E-state index >= 15 is 0 Å². The summed E-state index contributed by atoms with van der Waals surface area (Å²) in [5.41, 5.74) is -0.660. The highest BCUT2D eigenvalue weighted by Crippen LogP contribution is 2.56. The third kappa shape index (κ3) is 5.34. The van der Waals surface area contributed by atoms with E-state index in [2.05, 4.69) is 10.6 Å². The minimum atomic E-state index is -1.21. The van der Waals surface area contributed by atoms with Gasteiger partial charge in [0.25, 0.3) is 5.91 Å². The Labute approximate surface area is 219 Å². The van der Waals surface area contributed by atoms with Crippen LogP contribution in [0.3, 0.4) is 0 Å². The first-order valence-corrected chi connectivity index (χ1v) is 12.1. The maximum Gasteiger partial charge on any atom is 0.326 e. The van der Waals surface area contributed by atoms with Crippen LogP contribution in [0.25, 0.3) is 0 Å². The summed E-state index contributed by atoms with van der Waals surface area (Å²) in [5, 5.41) is 25.0. The van der Waals surface area contributed by atoms with Gasteiger partial charge in [0.1, 0.15) is 6.04 Å². The quantitative estimate of drug-likeness (QED) is 0.381. The number of benzene rings is 2. The molecule has 0 bridgehead atoms. The third-order valence-electron chi connectivity index (χ3n) is 7.47. The number of amides is 2. The van der Waals surface area contributed by atoms with Crippen molar-refractivity contribution in [2.45, 2.75) is 46.1 Å². The molecule has 0 heterocycles. The van der Waals surface area contributed by atoms with Crippen LogP contribution in [0.15, 0.2) is 42.5 Å². The molecule has 10 heteroatoms. The number of nitrogens with one attached hydrogen (secondary N) is 2. The van der Waals surface area contributed by atoms with Crippen LogP contribution in [0.5, 0.6) is 0 Å². The van der Waals surface area contributed by atoms with E-state index in [-0.39, 0.29) is 22.0 Å². The molecular weight excluding hydrogens is 507 g/mol. The Morgan fingerprint density at radius 1 is 1.00 bits per heavy atom. The van der Waals surface area contributed by atoms with Crippen LogP contribution in [0.2, 0.25) is 10.0 Å². The average Bonchev–Trinajstić information content (AvgIpc) is 3.04. The Kier molecular flexibility index (Phi) is 8.00. The predicted molar refractivity (Wildman–Crippen MR) is 136 cm³/mol. The lowest BCUT2D eigenvalue weighted by molar-refractivity contribution is -0.151. The molecule has 2 aromatic rings. The lowest BCUT2D eigenvalue weighted by Crippen LogP contribution is -2.53. The first kappa shape index (κ1) is 27.5. The van der Waals surface area contributed by atoms with Crippen molar-refractivity contribution < 1.29 is 29.4 Å². The van der Waals surface area contributed by atoms with E-state index in [9.17, 15) is 29.4 Å². The molecule has 3 rings (SSSR count). The Balaban J connectivity index is 1.70. The second-order valence-corrected chi connectivity index (χ2v) is 10.6. The van der Waals surface area contributed by atoms with Crippen molar-refractivity contribution in [3.63, 3.8) is 0 Å². The van der Waals surface area contributed by atoms with Gasteiger partial charge in [0, 0.05) is 12.1 Å². The summed E-state index contributed by atoms with van der Waals surface area (Å²) in [6, 6.07) is 10.0. The number of carbonyl (C=O) groups is 4. The van der Waals surface area contributed by atoms with Gasteiger partial charge in [-0.05, 0) is 48.1 Å². The summed E-state index contributed by atoms with van der Waals surface area (Å²) in [5.74, 6) is -3.83. The molecule has 3 atom stereocenters. The van der Waals surface area contributed by atoms with Crippen LogP contribution in [-0.4, -0.2) is 40.0 Å². The molecule has 2 amide bonds. The molecule has 1 saturated carbocycles. The number of rotatable bonds is 8. The minimum absolute atomic E-state index is 0.00447. The van der Waals surface area contributed by atoms with Crippen LogP contribution in [0, 0.1) is 16.7 Å². The Morgan fingerprint density at radius 2 is 1.58 bits per heavy atom. The van der Waals surface area contributed by atoms with Gasteiger partial charge in [-0.25, -0.2) is 4.79 Å². The number of hydrogen-bond donors (Lipinski definition) is 4. The largest absolute Gasteiger partial charge is 0.481 e. The molecular formula is C26H28Cl2N2O6. The van der Waals surface area contributed by atoms with Gasteiger partial charge in [-0.2, -0.15) is 0 Å². The minimum Gasteiger partial charge on any atom is -0.481 e. The number of anilines is 1. The van der Waals surface area contributed by atoms with E-state index in [1.165, 1.54) is 0 Å². The Hall–Kier alpha value is -3.10. The van der Waals surface area contributed by atoms with Crippen LogP contribution in [0.4, 0.5) is 5.69 Å². The Morgan fingerprint density at radius 3 is 2.08 bits per heavy atom. The van der Waals surface area contributed by atoms with Crippen molar-refractivity contribution in [3.8, 4) is 0 Å². The van der Waals surface area contributed by atoms with Gasteiger partial charge in [-0.15, -0.1) is 0 Å². The molecule has 8 nitrogen and oxygen atoms in total. The number of carboxylic acids is 2. The second kappa shape index (κ2) is 10.5. The summed E-state index contributed by atoms with van der Waals surface area (Å²) >= 11 is 12.2. The van der Waals surface area contributed by atoms with E-state index in [0.717, 1.165) is 0 Å². The monoisotopic (exact) mass is 534 g/mol. The van der Waals surface area contributed by atoms with Crippen molar-refractivity contribution in [1.29, 1.82) is 0 Å². The predicted octanol–water partition coefficient (Wildman–Crippen LogP) is 4.88. The van der Waals surface area contributed by atoms with Crippen molar-refractivity contribution >= 4 is 52.6 Å². The van der Waals surface area contributed by atoms with Gasteiger partial charge in [0.05, 0.1) is 26.9 Å². The first-order chi connectivity index (χ1) is 16.8. The van der Waals surface area contributed by atoms with Gasteiger partial charge in [-0.3, -0.25) is 14.4 Å². The van der Waals surface area contributed by atoms with Crippen LogP contribution >= 0.6 is 23.2 Å². The van der Waals surface area contributed by atoms with Crippen molar-refractivity contribution in [1.82, 2.24) is 5.32 Å². The normalized spacial score (nSPS) is 21.4.